The van der Waals surface area contributed by atoms with Crippen LogP contribution in [0.2, 0.25) is 0 Å². The zero-order valence-corrected chi connectivity index (χ0v) is 14.3. The summed E-state index contributed by atoms with van der Waals surface area (Å²) in [5.41, 5.74) is 4.25. The van der Waals surface area contributed by atoms with Crippen molar-refractivity contribution in [3.8, 4) is 5.75 Å². The SMILES string of the molecule is O=C(N/N=C\c1ccccc1O)c1cccc(NC(=O)c2ccccc2)c1. The van der Waals surface area contributed by atoms with Crippen molar-refractivity contribution < 1.29 is 14.7 Å². The van der Waals surface area contributed by atoms with Gasteiger partial charge in [-0.3, -0.25) is 9.59 Å². The fourth-order valence-corrected chi connectivity index (χ4v) is 2.35. The standard InChI is InChI=1S/C21H17N3O3/c25-19-12-5-4-9-17(19)14-22-24-21(27)16-10-6-11-18(13-16)23-20(26)15-7-2-1-3-8-15/h1-14,25H,(H,23,26)(H,24,27)/b22-14-. The highest BCUT2D eigenvalue weighted by atomic mass is 16.3. The highest BCUT2D eigenvalue weighted by Crippen LogP contribution is 2.14. The minimum Gasteiger partial charge on any atom is -0.507 e. The lowest BCUT2D eigenvalue weighted by Gasteiger charge is -2.07. The molecule has 0 bridgehead atoms. The minimum absolute atomic E-state index is 0.0705. The first-order chi connectivity index (χ1) is 13.1. The molecule has 0 saturated carbocycles. The van der Waals surface area contributed by atoms with E-state index in [-0.39, 0.29) is 11.7 Å². The van der Waals surface area contributed by atoms with Crippen molar-refractivity contribution in [2.24, 2.45) is 5.10 Å². The van der Waals surface area contributed by atoms with E-state index in [1.54, 1.807) is 66.7 Å². The second kappa shape index (κ2) is 8.44. The number of para-hydroxylation sites is 1. The number of phenolic OH excluding ortho intramolecular Hbond substituents is 1. The van der Waals surface area contributed by atoms with Crippen molar-refractivity contribution >= 4 is 23.7 Å². The summed E-state index contributed by atoms with van der Waals surface area (Å²) < 4.78 is 0. The first-order valence-corrected chi connectivity index (χ1v) is 8.21. The number of hydrogen-bond acceptors (Lipinski definition) is 4. The maximum Gasteiger partial charge on any atom is 0.271 e. The molecule has 0 heterocycles. The molecule has 0 aliphatic heterocycles. The molecule has 134 valence electrons. The van der Waals surface area contributed by atoms with E-state index < -0.39 is 5.91 Å². The molecule has 0 aliphatic rings. The highest BCUT2D eigenvalue weighted by molar-refractivity contribution is 6.05. The molecule has 0 spiro atoms. The number of carbonyl (C=O) groups excluding carboxylic acids is 2. The molecule has 3 N–H and O–H groups in total. The largest absolute Gasteiger partial charge is 0.507 e. The Bertz CT molecular complexity index is 985. The van der Waals surface area contributed by atoms with Crippen LogP contribution in [0, 0.1) is 0 Å². The number of nitrogens with one attached hydrogen (secondary N) is 2. The number of phenols is 1. The van der Waals surface area contributed by atoms with Crippen molar-refractivity contribution in [1.29, 1.82) is 0 Å². The van der Waals surface area contributed by atoms with E-state index in [0.717, 1.165) is 0 Å². The van der Waals surface area contributed by atoms with Crippen molar-refractivity contribution in [3.05, 3.63) is 95.6 Å². The van der Waals surface area contributed by atoms with E-state index >= 15 is 0 Å². The van der Waals surface area contributed by atoms with Gasteiger partial charge in [0.1, 0.15) is 5.75 Å². The maximum atomic E-state index is 12.2. The van der Waals surface area contributed by atoms with E-state index in [4.69, 9.17) is 0 Å². The minimum atomic E-state index is -0.433. The summed E-state index contributed by atoms with van der Waals surface area (Å²) in [6.07, 6.45) is 1.36. The Balaban J connectivity index is 1.65. The molecule has 6 heteroatoms. The maximum absolute atomic E-state index is 12.2. The molecule has 3 aromatic carbocycles. The number of anilines is 1. The van der Waals surface area contributed by atoms with Gasteiger partial charge < -0.3 is 10.4 Å². The normalized spacial score (nSPS) is 10.5. The predicted octanol–water partition coefficient (Wildman–Crippen LogP) is 3.41. The summed E-state index contributed by atoms with van der Waals surface area (Å²) in [5, 5.41) is 16.3. The Morgan fingerprint density at radius 1 is 0.815 bits per heavy atom. The molecule has 3 aromatic rings. The number of rotatable bonds is 5. The molecule has 6 nitrogen and oxygen atoms in total. The fourth-order valence-electron chi connectivity index (χ4n) is 2.35. The first-order valence-electron chi connectivity index (χ1n) is 8.21. The smallest absolute Gasteiger partial charge is 0.271 e. The van der Waals surface area contributed by atoms with Gasteiger partial charge in [0.15, 0.2) is 0 Å². The summed E-state index contributed by atoms with van der Waals surface area (Å²) in [6, 6.07) is 22.0. The average Bonchev–Trinajstić information content (AvgIpc) is 2.70. The fraction of sp³-hybridized carbons (Fsp3) is 0. The monoisotopic (exact) mass is 359 g/mol. The van der Waals surface area contributed by atoms with E-state index in [2.05, 4.69) is 15.8 Å². The zero-order valence-electron chi connectivity index (χ0n) is 14.3. The molecule has 3 rings (SSSR count). The van der Waals surface area contributed by atoms with Crippen LogP contribution in [0.3, 0.4) is 0 Å². The summed E-state index contributed by atoms with van der Waals surface area (Å²) in [4.78, 5) is 24.4. The van der Waals surface area contributed by atoms with Gasteiger partial charge in [0.05, 0.1) is 6.21 Å². The summed E-state index contributed by atoms with van der Waals surface area (Å²) in [7, 11) is 0. The number of hydrazone groups is 1. The van der Waals surface area contributed by atoms with Gasteiger partial charge in [-0.2, -0.15) is 5.10 Å². The quantitative estimate of drug-likeness (QED) is 0.482. The average molecular weight is 359 g/mol. The van der Waals surface area contributed by atoms with Crippen LogP contribution in [-0.2, 0) is 0 Å². The Hall–Kier alpha value is -3.93. The van der Waals surface area contributed by atoms with Crippen molar-refractivity contribution in [2.75, 3.05) is 5.32 Å². The van der Waals surface area contributed by atoms with E-state index in [0.29, 0.717) is 22.4 Å². The molecule has 0 aromatic heterocycles. The van der Waals surface area contributed by atoms with Crippen LogP contribution in [0.1, 0.15) is 26.3 Å². The van der Waals surface area contributed by atoms with E-state index in [9.17, 15) is 14.7 Å². The molecule has 0 radical (unpaired) electrons. The molecule has 0 unspecified atom stereocenters. The molecule has 2 amide bonds. The molecule has 0 saturated heterocycles. The highest BCUT2D eigenvalue weighted by Gasteiger charge is 2.08. The Kier molecular flexibility index (Phi) is 5.59. The van der Waals surface area contributed by atoms with E-state index in [1.807, 2.05) is 6.07 Å². The van der Waals surface area contributed by atoms with Crippen molar-refractivity contribution in [3.63, 3.8) is 0 Å². The van der Waals surface area contributed by atoms with Gasteiger partial charge in [-0.15, -0.1) is 0 Å². The van der Waals surface area contributed by atoms with Gasteiger partial charge in [0, 0.05) is 22.4 Å². The third-order valence-corrected chi connectivity index (χ3v) is 3.73. The van der Waals surface area contributed by atoms with Crippen LogP contribution in [-0.4, -0.2) is 23.1 Å². The predicted molar refractivity (Wildman–Crippen MR) is 104 cm³/mol. The molecule has 0 aliphatic carbocycles. The molecule has 0 fully saturated rings. The number of benzene rings is 3. The lowest BCUT2D eigenvalue weighted by molar-refractivity contribution is 0.0953. The number of amides is 2. The first kappa shape index (κ1) is 17.9. The zero-order chi connectivity index (χ0) is 19.1. The van der Waals surface area contributed by atoms with Crippen LogP contribution in [0.25, 0.3) is 0 Å². The lowest BCUT2D eigenvalue weighted by atomic mass is 10.1. The van der Waals surface area contributed by atoms with Crippen LogP contribution < -0.4 is 10.7 Å². The second-order valence-electron chi connectivity index (χ2n) is 5.66. The van der Waals surface area contributed by atoms with Crippen molar-refractivity contribution in [2.45, 2.75) is 0 Å². The van der Waals surface area contributed by atoms with Crippen LogP contribution in [0.15, 0.2) is 84.0 Å². The Morgan fingerprint density at radius 2 is 1.52 bits per heavy atom. The van der Waals surface area contributed by atoms with Gasteiger partial charge >= 0.3 is 0 Å². The third-order valence-electron chi connectivity index (χ3n) is 3.73. The van der Waals surface area contributed by atoms with Crippen LogP contribution in [0.4, 0.5) is 5.69 Å². The van der Waals surface area contributed by atoms with Gasteiger partial charge in [-0.1, -0.05) is 36.4 Å². The van der Waals surface area contributed by atoms with Crippen LogP contribution in [0.5, 0.6) is 5.75 Å². The number of nitrogens with zero attached hydrogens (tertiary/aromatic N) is 1. The molecule has 27 heavy (non-hydrogen) atoms. The van der Waals surface area contributed by atoms with Gasteiger partial charge in [0.25, 0.3) is 11.8 Å². The molecular weight excluding hydrogens is 342 g/mol. The van der Waals surface area contributed by atoms with Gasteiger partial charge in [-0.25, -0.2) is 5.43 Å². The summed E-state index contributed by atoms with van der Waals surface area (Å²) in [5.74, 6) is -0.621. The van der Waals surface area contributed by atoms with Gasteiger partial charge in [0.2, 0.25) is 0 Å². The summed E-state index contributed by atoms with van der Waals surface area (Å²) >= 11 is 0. The number of carbonyl (C=O) groups is 2. The van der Waals surface area contributed by atoms with E-state index in [1.165, 1.54) is 12.3 Å². The third kappa shape index (κ3) is 4.79. The second-order valence-corrected chi connectivity index (χ2v) is 5.66. The van der Waals surface area contributed by atoms with Crippen molar-refractivity contribution in [1.82, 2.24) is 5.43 Å². The van der Waals surface area contributed by atoms with Gasteiger partial charge in [-0.05, 0) is 42.5 Å². The lowest BCUT2D eigenvalue weighted by Crippen LogP contribution is -2.18. The number of hydrogen-bond donors (Lipinski definition) is 3. The Labute approximate surface area is 156 Å². The number of aromatic hydroxyl groups is 1. The van der Waals surface area contributed by atoms with Crippen LogP contribution >= 0.6 is 0 Å². The molecular formula is C21H17N3O3. The Morgan fingerprint density at radius 3 is 2.30 bits per heavy atom. The molecule has 0 atom stereocenters. The summed E-state index contributed by atoms with van der Waals surface area (Å²) in [6.45, 7) is 0. The topological polar surface area (TPSA) is 90.8 Å².